The number of nitrogens with one attached hydrogen (secondary N) is 2. The van der Waals surface area contributed by atoms with Gasteiger partial charge in [0.05, 0.1) is 23.4 Å². The van der Waals surface area contributed by atoms with Crippen LogP contribution in [0.1, 0.15) is 64.7 Å². The van der Waals surface area contributed by atoms with Crippen molar-refractivity contribution in [3.63, 3.8) is 0 Å². The first-order valence-electron chi connectivity index (χ1n) is 9.60. The molecule has 0 aromatic carbocycles. The van der Waals surface area contributed by atoms with Gasteiger partial charge in [-0.05, 0) is 37.8 Å². The summed E-state index contributed by atoms with van der Waals surface area (Å²) in [6.07, 6.45) is 2.32. The van der Waals surface area contributed by atoms with E-state index in [4.69, 9.17) is 9.72 Å². The fourth-order valence-electron chi connectivity index (χ4n) is 4.14. The van der Waals surface area contributed by atoms with E-state index in [9.17, 15) is 9.59 Å². The number of esters is 1. The van der Waals surface area contributed by atoms with Crippen molar-refractivity contribution in [1.29, 1.82) is 0 Å². The number of thiophene rings is 2. The van der Waals surface area contributed by atoms with E-state index in [1.54, 1.807) is 25.2 Å². The Bertz CT molecular complexity index is 1050. The maximum absolute atomic E-state index is 12.8. The highest BCUT2D eigenvalue weighted by Crippen LogP contribution is 2.29. The number of rotatable bonds is 5. The summed E-state index contributed by atoms with van der Waals surface area (Å²) in [5.41, 5.74) is 0.471. The van der Waals surface area contributed by atoms with Crippen molar-refractivity contribution in [3.05, 3.63) is 49.0 Å². The predicted molar refractivity (Wildman–Crippen MR) is 111 cm³/mol. The van der Waals surface area contributed by atoms with E-state index >= 15 is 0 Å². The third-order valence-corrected chi connectivity index (χ3v) is 7.69. The highest BCUT2D eigenvalue weighted by Gasteiger charge is 2.36. The number of likely N-dealkylation sites (tertiary alicyclic amines) is 1. The first-order valence-corrected chi connectivity index (χ1v) is 11.3. The summed E-state index contributed by atoms with van der Waals surface area (Å²) in [7, 11) is 0. The number of ether oxygens (including phenoxy) is 1. The van der Waals surface area contributed by atoms with Crippen LogP contribution in [-0.2, 0) is 4.74 Å². The van der Waals surface area contributed by atoms with Crippen molar-refractivity contribution >= 4 is 38.9 Å². The topological polar surface area (TPSA) is 76.5 Å². The zero-order valence-corrected chi connectivity index (χ0v) is 17.8. The Morgan fingerprint density at radius 3 is 3.04 bits per heavy atom. The zero-order chi connectivity index (χ0) is 19.8. The van der Waals surface area contributed by atoms with E-state index in [0.717, 1.165) is 13.0 Å². The third kappa shape index (κ3) is 3.29. The fraction of sp³-hybridized carbons (Fsp3) is 0.450. The molecule has 3 atom stereocenters. The minimum absolute atomic E-state index is 0.0696. The number of carbonyl (C=O) groups excluding carboxylic acids is 1. The van der Waals surface area contributed by atoms with Gasteiger partial charge in [0, 0.05) is 12.8 Å². The van der Waals surface area contributed by atoms with Gasteiger partial charge < -0.3 is 14.6 Å². The van der Waals surface area contributed by atoms with E-state index < -0.39 is 0 Å². The Morgan fingerprint density at radius 1 is 1.50 bits per heavy atom. The lowest BCUT2D eigenvalue weighted by atomic mass is 10.1. The number of hydrogen-bond donors (Lipinski definition) is 2. The normalized spacial score (nSPS) is 20.5. The Kier molecular flexibility index (Phi) is 5.35. The van der Waals surface area contributed by atoms with Gasteiger partial charge in [0.25, 0.3) is 5.56 Å². The summed E-state index contributed by atoms with van der Waals surface area (Å²) in [6.45, 7) is 7.04. The maximum atomic E-state index is 12.8. The Balaban J connectivity index is 1.71. The van der Waals surface area contributed by atoms with Gasteiger partial charge in [-0.2, -0.15) is 0 Å². The molecular formula is C20H24N3O3S2+. The van der Waals surface area contributed by atoms with Crippen molar-refractivity contribution in [2.45, 2.75) is 45.7 Å². The quantitative estimate of drug-likeness (QED) is 0.625. The third-order valence-electron chi connectivity index (χ3n) is 5.54. The zero-order valence-electron chi connectivity index (χ0n) is 16.2. The number of aryl methyl sites for hydroxylation is 1. The number of hydrogen-bond acceptors (Lipinski definition) is 6. The van der Waals surface area contributed by atoms with E-state index in [1.807, 2.05) is 0 Å². The van der Waals surface area contributed by atoms with Crippen molar-refractivity contribution in [3.8, 4) is 0 Å². The van der Waals surface area contributed by atoms with Crippen LogP contribution in [0, 0.1) is 6.92 Å². The smallest absolute Gasteiger partial charge is 0.348 e. The Labute approximate surface area is 171 Å². The van der Waals surface area contributed by atoms with Crippen LogP contribution in [0.25, 0.3) is 10.2 Å². The molecule has 4 heterocycles. The van der Waals surface area contributed by atoms with E-state index in [2.05, 4.69) is 29.4 Å². The van der Waals surface area contributed by atoms with Gasteiger partial charge in [-0.3, -0.25) is 4.79 Å². The molecule has 1 fully saturated rings. The Morgan fingerprint density at radius 2 is 2.32 bits per heavy atom. The molecule has 1 aliphatic heterocycles. The van der Waals surface area contributed by atoms with E-state index in [1.165, 1.54) is 27.5 Å². The monoisotopic (exact) mass is 418 g/mol. The Hall–Kier alpha value is -2.03. The summed E-state index contributed by atoms with van der Waals surface area (Å²) in [5.74, 6) is 0.299. The molecule has 3 aromatic heterocycles. The van der Waals surface area contributed by atoms with E-state index in [-0.39, 0.29) is 17.6 Å². The number of nitrogens with zero attached hydrogens (tertiary/aromatic N) is 1. The van der Waals surface area contributed by atoms with Crippen LogP contribution in [0.4, 0.5) is 0 Å². The van der Waals surface area contributed by atoms with Gasteiger partial charge >= 0.3 is 5.97 Å². The van der Waals surface area contributed by atoms with Crippen molar-refractivity contribution < 1.29 is 14.4 Å². The number of fused-ring (bicyclic) bond motifs is 1. The molecule has 8 heteroatoms. The highest BCUT2D eigenvalue weighted by molar-refractivity contribution is 7.20. The number of quaternary nitrogens is 1. The summed E-state index contributed by atoms with van der Waals surface area (Å²) in [6, 6.07) is 4.80. The van der Waals surface area contributed by atoms with Gasteiger partial charge in [-0.25, -0.2) is 9.78 Å². The second-order valence-corrected chi connectivity index (χ2v) is 9.14. The number of aromatic amines is 1. The molecule has 148 valence electrons. The molecule has 0 bridgehead atoms. The lowest BCUT2D eigenvalue weighted by molar-refractivity contribution is -0.947. The lowest BCUT2D eigenvalue weighted by Crippen LogP contribution is -3.10. The SMILES string of the molecule is CCOC(=O)c1sc2nc([C@@H](C)[NH+]3CCC[C@@H]3c3cccs3)[nH]c(=O)c2c1C. The average Bonchev–Trinajstić information content (AvgIpc) is 3.40. The minimum Gasteiger partial charge on any atom is -0.462 e. The van der Waals surface area contributed by atoms with Gasteiger partial charge in [0.15, 0.2) is 5.82 Å². The molecule has 1 unspecified atom stereocenters. The van der Waals surface area contributed by atoms with Crippen molar-refractivity contribution in [1.82, 2.24) is 9.97 Å². The van der Waals surface area contributed by atoms with Crippen LogP contribution in [0.15, 0.2) is 22.3 Å². The highest BCUT2D eigenvalue weighted by atomic mass is 32.1. The molecule has 0 radical (unpaired) electrons. The molecule has 6 nitrogen and oxygen atoms in total. The first-order chi connectivity index (χ1) is 13.5. The molecule has 2 N–H and O–H groups in total. The predicted octanol–water partition coefficient (Wildman–Crippen LogP) is 3.01. The average molecular weight is 419 g/mol. The maximum Gasteiger partial charge on any atom is 0.348 e. The molecule has 28 heavy (non-hydrogen) atoms. The molecule has 0 amide bonds. The van der Waals surface area contributed by atoms with E-state index in [0.29, 0.717) is 39.1 Å². The van der Waals surface area contributed by atoms with Gasteiger partial charge in [0.1, 0.15) is 21.8 Å². The van der Waals surface area contributed by atoms with Crippen LogP contribution in [0.3, 0.4) is 0 Å². The molecule has 1 saturated heterocycles. The molecule has 0 spiro atoms. The molecule has 1 aliphatic rings. The fourth-order valence-corrected chi connectivity index (χ4v) is 6.12. The molecule has 0 saturated carbocycles. The molecular weight excluding hydrogens is 394 g/mol. The summed E-state index contributed by atoms with van der Waals surface area (Å²) >= 11 is 3.04. The summed E-state index contributed by atoms with van der Waals surface area (Å²) in [5, 5.41) is 2.61. The standard InChI is InChI=1S/C20H23N3O3S2/c1-4-26-20(25)16-11(2)15-18(24)21-17(22-19(15)28-16)12(3)23-9-5-7-13(23)14-8-6-10-27-14/h6,8,10,12-13H,4-5,7,9H2,1-3H3,(H,21,22,24)/p+1/t12-,13-/m1/s1. The number of H-pyrrole nitrogens is 1. The van der Waals surface area contributed by atoms with Crippen molar-refractivity contribution in [2.75, 3.05) is 13.2 Å². The molecule has 0 aliphatic carbocycles. The van der Waals surface area contributed by atoms with Crippen LogP contribution in [0.5, 0.6) is 0 Å². The minimum atomic E-state index is -0.389. The van der Waals surface area contributed by atoms with Crippen LogP contribution in [0.2, 0.25) is 0 Å². The van der Waals surface area contributed by atoms with Gasteiger partial charge in [-0.1, -0.05) is 6.07 Å². The van der Waals surface area contributed by atoms with Crippen LogP contribution < -0.4 is 10.5 Å². The largest absolute Gasteiger partial charge is 0.462 e. The summed E-state index contributed by atoms with van der Waals surface area (Å²) in [4.78, 5) is 36.6. The molecule has 4 rings (SSSR count). The van der Waals surface area contributed by atoms with Gasteiger partial charge in [0.2, 0.25) is 0 Å². The van der Waals surface area contributed by atoms with Crippen LogP contribution in [-0.4, -0.2) is 29.1 Å². The van der Waals surface area contributed by atoms with Crippen molar-refractivity contribution in [2.24, 2.45) is 0 Å². The number of aromatic nitrogens is 2. The van der Waals surface area contributed by atoms with Gasteiger partial charge in [-0.15, -0.1) is 22.7 Å². The molecule has 3 aromatic rings. The number of carbonyl (C=O) groups is 1. The summed E-state index contributed by atoms with van der Waals surface area (Å²) < 4.78 is 5.12. The lowest BCUT2D eigenvalue weighted by Gasteiger charge is -2.26. The van der Waals surface area contributed by atoms with Crippen LogP contribution >= 0.6 is 22.7 Å². The first kappa shape index (κ1) is 19.3. The second-order valence-electron chi connectivity index (χ2n) is 7.16. The second kappa shape index (κ2) is 7.77.